The topological polar surface area (TPSA) is 62.6 Å². The lowest BCUT2D eigenvalue weighted by Crippen LogP contribution is -2.56. The number of aryl methyl sites for hydroxylation is 1. The van der Waals surface area contributed by atoms with Crippen molar-refractivity contribution < 1.29 is 9.53 Å². The number of aromatic nitrogens is 2. The molecule has 3 saturated heterocycles. The number of fused-ring (bicyclic) bond motifs is 3. The first-order chi connectivity index (χ1) is 16.9. The smallest absolute Gasteiger partial charge is 0.251 e. The van der Waals surface area contributed by atoms with E-state index in [4.69, 9.17) is 9.84 Å². The Morgan fingerprint density at radius 3 is 2.51 bits per heavy atom. The predicted molar refractivity (Wildman–Crippen MR) is 139 cm³/mol. The molecular formula is C28H35N5O2. The Hall–Kier alpha value is -3.32. The Kier molecular flexibility index (Phi) is 6.52. The number of hydrogen-bond donors (Lipinski definition) is 1. The van der Waals surface area contributed by atoms with Gasteiger partial charge in [0.1, 0.15) is 5.75 Å². The van der Waals surface area contributed by atoms with Gasteiger partial charge >= 0.3 is 0 Å². The van der Waals surface area contributed by atoms with E-state index in [0.717, 1.165) is 42.2 Å². The summed E-state index contributed by atoms with van der Waals surface area (Å²) in [5, 5.41) is 8.00. The summed E-state index contributed by atoms with van der Waals surface area (Å²) in [5.74, 6) is 1.94. The zero-order chi connectivity index (χ0) is 24.5. The second-order valence-corrected chi connectivity index (χ2v) is 10.00. The molecular weight excluding hydrogens is 438 g/mol. The van der Waals surface area contributed by atoms with Crippen LogP contribution in [-0.2, 0) is 7.05 Å². The molecule has 1 N–H and O–H groups in total. The van der Waals surface area contributed by atoms with Crippen molar-refractivity contribution in [2.24, 2.45) is 13.0 Å². The Balaban J connectivity index is 1.22. The van der Waals surface area contributed by atoms with Crippen LogP contribution < -0.4 is 15.0 Å². The number of carbonyl (C=O) groups is 1. The molecule has 2 aromatic carbocycles. The monoisotopic (exact) mass is 473 g/mol. The fourth-order valence-corrected chi connectivity index (χ4v) is 5.64. The number of anilines is 1. The lowest BCUT2D eigenvalue weighted by Gasteiger charge is -2.50. The van der Waals surface area contributed by atoms with Crippen LogP contribution in [0, 0.1) is 5.92 Å². The summed E-state index contributed by atoms with van der Waals surface area (Å²) in [6, 6.07) is 18.5. The minimum absolute atomic E-state index is 0.00488. The standard InChI is InChI=1S/C28H35N5O2/c1-31(2)22-9-5-20(6-10-22)28(34)29-17-23-15-21-13-14-33(23)18-25(21)27-16-26(30-32(27)3)19-7-11-24(35-4)12-8-19/h5-12,16,21,23,25H,13-15,17-18H2,1-4H3,(H,29,34). The summed E-state index contributed by atoms with van der Waals surface area (Å²) in [4.78, 5) is 17.3. The zero-order valence-corrected chi connectivity index (χ0v) is 21.1. The molecule has 0 spiro atoms. The van der Waals surface area contributed by atoms with Crippen molar-refractivity contribution in [2.75, 3.05) is 45.7 Å². The first kappa shape index (κ1) is 23.4. The maximum absolute atomic E-state index is 12.7. The highest BCUT2D eigenvalue weighted by Gasteiger charge is 2.41. The van der Waals surface area contributed by atoms with Crippen LogP contribution in [0.25, 0.3) is 11.3 Å². The number of benzene rings is 2. The summed E-state index contributed by atoms with van der Waals surface area (Å²) in [5.41, 5.74) is 5.21. The minimum Gasteiger partial charge on any atom is -0.497 e. The average Bonchev–Trinajstić information content (AvgIpc) is 3.29. The fourth-order valence-electron chi connectivity index (χ4n) is 5.64. The van der Waals surface area contributed by atoms with Crippen LogP contribution in [-0.4, -0.2) is 67.5 Å². The van der Waals surface area contributed by atoms with E-state index in [1.807, 2.05) is 55.4 Å². The van der Waals surface area contributed by atoms with Crippen LogP contribution in [0.2, 0.25) is 0 Å². The minimum atomic E-state index is 0.00488. The van der Waals surface area contributed by atoms with Crippen molar-refractivity contribution in [3.8, 4) is 17.0 Å². The first-order valence-electron chi connectivity index (χ1n) is 12.4. The van der Waals surface area contributed by atoms with Crippen LogP contribution >= 0.6 is 0 Å². The van der Waals surface area contributed by atoms with Crippen molar-refractivity contribution in [1.29, 1.82) is 0 Å². The highest BCUT2D eigenvalue weighted by Crippen LogP contribution is 2.42. The maximum Gasteiger partial charge on any atom is 0.251 e. The number of ether oxygens (including phenoxy) is 1. The zero-order valence-electron chi connectivity index (χ0n) is 21.1. The number of rotatable bonds is 7. The Morgan fingerprint density at radius 1 is 1.14 bits per heavy atom. The van der Waals surface area contributed by atoms with Crippen LogP contribution in [0.5, 0.6) is 5.75 Å². The number of carbonyl (C=O) groups excluding carboxylic acids is 1. The molecule has 184 valence electrons. The van der Waals surface area contributed by atoms with E-state index in [9.17, 15) is 4.79 Å². The molecule has 6 rings (SSSR count). The van der Waals surface area contributed by atoms with Gasteiger partial charge in [0.2, 0.25) is 0 Å². The van der Waals surface area contributed by atoms with E-state index >= 15 is 0 Å². The Bertz CT molecular complexity index is 1170. The van der Waals surface area contributed by atoms with Gasteiger partial charge in [-0.3, -0.25) is 14.4 Å². The number of hydrogen-bond acceptors (Lipinski definition) is 5. The van der Waals surface area contributed by atoms with Crippen LogP contribution in [0.3, 0.4) is 0 Å². The van der Waals surface area contributed by atoms with Gasteiger partial charge in [0.25, 0.3) is 5.91 Å². The number of nitrogens with one attached hydrogen (secondary N) is 1. The van der Waals surface area contributed by atoms with E-state index in [0.29, 0.717) is 30.0 Å². The normalized spacial score (nSPS) is 23.2. The van der Waals surface area contributed by atoms with Crippen molar-refractivity contribution in [3.05, 3.63) is 65.9 Å². The van der Waals surface area contributed by atoms with Crippen molar-refractivity contribution in [1.82, 2.24) is 20.0 Å². The van der Waals surface area contributed by atoms with Gasteiger partial charge in [-0.05, 0) is 79.9 Å². The van der Waals surface area contributed by atoms with Crippen molar-refractivity contribution in [3.63, 3.8) is 0 Å². The molecule has 0 saturated carbocycles. The predicted octanol–water partition coefficient (Wildman–Crippen LogP) is 3.77. The van der Waals surface area contributed by atoms with E-state index in [-0.39, 0.29) is 5.91 Å². The van der Waals surface area contributed by atoms with Crippen molar-refractivity contribution in [2.45, 2.75) is 24.8 Å². The summed E-state index contributed by atoms with van der Waals surface area (Å²) in [6.45, 7) is 2.81. The van der Waals surface area contributed by atoms with Gasteiger partial charge in [0.15, 0.2) is 0 Å². The van der Waals surface area contributed by atoms with Gasteiger partial charge in [-0.25, -0.2) is 0 Å². The molecule has 4 atom stereocenters. The van der Waals surface area contributed by atoms with Crippen molar-refractivity contribution >= 4 is 11.6 Å². The number of methoxy groups -OCH3 is 1. The number of amides is 1. The third-order valence-electron chi connectivity index (χ3n) is 7.70. The number of piperidine rings is 3. The molecule has 1 aromatic heterocycles. The maximum atomic E-state index is 12.7. The molecule has 3 aliphatic rings. The molecule has 4 unspecified atom stereocenters. The second-order valence-electron chi connectivity index (χ2n) is 10.00. The third kappa shape index (κ3) is 4.78. The van der Waals surface area contributed by atoms with Crippen LogP contribution in [0.15, 0.2) is 54.6 Å². The van der Waals surface area contributed by atoms with Crippen LogP contribution in [0.4, 0.5) is 5.69 Å². The molecule has 3 fully saturated rings. The third-order valence-corrected chi connectivity index (χ3v) is 7.70. The van der Waals surface area contributed by atoms with Gasteiger partial charge in [0, 0.05) is 68.7 Å². The van der Waals surface area contributed by atoms with Gasteiger partial charge in [0.05, 0.1) is 12.8 Å². The van der Waals surface area contributed by atoms with E-state index < -0.39 is 0 Å². The molecule has 1 amide bonds. The number of nitrogens with zero attached hydrogens (tertiary/aromatic N) is 4. The van der Waals surface area contributed by atoms with Gasteiger partial charge in [-0.1, -0.05) is 0 Å². The highest BCUT2D eigenvalue weighted by atomic mass is 16.5. The summed E-state index contributed by atoms with van der Waals surface area (Å²) < 4.78 is 7.34. The first-order valence-corrected chi connectivity index (χ1v) is 12.4. The molecule has 2 bridgehead atoms. The van der Waals surface area contributed by atoms with Gasteiger partial charge in [-0.15, -0.1) is 0 Å². The quantitative estimate of drug-likeness (QED) is 0.566. The van der Waals surface area contributed by atoms with E-state index in [1.54, 1.807) is 7.11 Å². The fraction of sp³-hybridized carbons (Fsp3) is 0.429. The molecule has 3 aliphatic heterocycles. The molecule has 0 radical (unpaired) electrons. The molecule has 7 nitrogen and oxygen atoms in total. The molecule has 35 heavy (non-hydrogen) atoms. The largest absolute Gasteiger partial charge is 0.497 e. The molecule has 0 aliphatic carbocycles. The summed E-state index contributed by atoms with van der Waals surface area (Å²) >= 11 is 0. The second kappa shape index (κ2) is 9.74. The summed E-state index contributed by atoms with van der Waals surface area (Å²) in [6.07, 6.45) is 2.30. The van der Waals surface area contributed by atoms with Crippen LogP contribution in [0.1, 0.15) is 34.8 Å². The SMILES string of the molecule is COc1ccc(-c2cc(C3CN4CCC3CC4CNC(=O)c3ccc(N(C)C)cc3)n(C)n2)cc1. The van der Waals surface area contributed by atoms with Gasteiger partial charge < -0.3 is 15.0 Å². The molecule has 7 heteroatoms. The average molecular weight is 474 g/mol. The lowest BCUT2D eigenvalue weighted by atomic mass is 9.74. The molecule has 3 aromatic rings. The van der Waals surface area contributed by atoms with E-state index in [1.165, 1.54) is 12.1 Å². The lowest BCUT2D eigenvalue weighted by molar-refractivity contribution is 0.0280. The highest BCUT2D eigenvalue weighted by molar-refractivity contribution is 5.94. The Labute approximate surface area is 207 Å². The summed E-state index contributed by atoms with van der Waals surface area (Å²) in [7, 11) is 7.74. The van der Waals surface area contributed by atoms with Gasteiger partial charge in [-0.2, -0.15) is 5.10 Å². The Morgan fingerprint density at radius 2 is 1.89 bits per heavy atom. The molecule has 4 heterocycles. The van der Waals surface area contributed by atoms with E-state index in [2.05, 4.69) is 40.1 Å².